The number of amides is 1. The Labute approximate surface area is 201 Å². The van der Waals surface area contributed by atoms with Crippen LogP contribution < -0.4 is 10.1 Å². The molecule has 0 saturated heterocycles. The van der Waals surface area contributed by atoms with Crippen LogP contribution in [0.4, 0.5) is 5.69 Å². The van der Waals surface area contributed by atoms with Crippen LogP contribution in [0.5, 0.6) is 5.75 Å². The molecule has 0 unspecified atom stereocenters. The average molecular weight is 475 g/mol. The van der Waals surface area contributed by atoms with Crippen molar-refractivity contribution in [2.75, 3.05) is 18.5 Å². The molecule has 1 N–H and O–H groups in total. The normalized spacial score (nSPS) is 10.4. The van der Waals surface area contributed by atoms with Gasteiger partial charge in [-0.1, -0.05) is 54.1 Å². The maximum atomic E-state index is 12.8. The molecule has 7 nitrogen and oxygen atoms in total. The molecule has 0 saturated carbocycles. The minimum absolute atomic E-state index is 0.0541. The fraction of sp³-hybridized carbons (Fsp3) is 0.0769. The zero-order chi connectivity index (χ0) is 24.3. The highest BCUT2D eigenvalue weighted by Crippen LogP contribution is 2.24. The Balaban J connectivity index is 1.57. The van der Waals surface area contributed by atoms with E-state index in [9.17, 15) is 14.4 Å². The van der Waals surface area contributed by atoms with Gasteiger partial charge in [0.25, 0.3) is 5.91 Å². The third kappa shape index (κ3) is 7.05. The molecule has 3 aromatic carbocycles. The zero-order valence-corrected chi connectivity index (χ0v) is 18.6. The number of benzene rings is 3. The summed E-state index contributed by atoms with van der Waals surface area (Å²) in [7, 11) is 0. The predicted molar refractivity (Wildman–Crippen MR) is 127 cm³/mol. The molecule has 0 aliphatic rings. The van der Waals surface area contributed by atoms with Crippen LogP contribution in [0.2, 0.25) is 5.02 Å². The molecule has 34 heavy (non-hydrogen) atoms. The number of hydrogen-bond acceptors (Lipinski definition) is 6. The minimum Gasteiger partial charge on any atom is -0.479 e. The second-order valence-electron chi connectivity index (χ2n) is 6.89. The van der Waals surface area contributed by atoms with Gasteiger partial charge in [0.05, 0.1) is 5.69 Å². The SMILES string of the molecule is N#CCOc1ccc(/C=C/C(=O)OCC(=O)Nc2ccc(Cl)cc2C(=O)c2ccccc2)cc1. The molecule has 0 aliphatic heterocycles. The van der Waals surface area contributed by atoms with Crippen molar-refractivity contribution in [3.63, 3.8) is 0 Å². The lowest BCUT2D eigenvalue weighted by Crippen LogP contribution is -2.21. The van der Waals surface area contributed by atoms with Gasteiger partial charge in [-0.25, -0.2) is 4.79 Å². The number of carbonyl (C=O) groups excluding carboxylic acids is 3. The smallest absolute Gasteiger partial charge is 0.331 e. The van der Waals surface area contributed by atoms with Crippen molar-refractivity contribution in [2.24, 2.45) is 0 Å². The van der Waals surface area contributed by atoms with Crippen molar-refractivity contribution in [3.05, 3.63) is 101 Å². The van der Waals surface area contributed by atoms with Crippen LogP contribution in [0, 0.1) is 11.3 Å². The van der Waals surface area contributed by atoms with Crippen LogP contribution in [0.25, 0.3) is 6.08 Å². The summed E-state index contributed by atoms with van der Waals surface area (Å²) in [5.74, 6) is -1.09. The van der Waals surface area contributed by atoms with Crippen LogP contribution in [0.3, 0.4) is 0 Å². The first kappa shape index (κ1) is 24.2. The molecule has 0 aromatic heterocycles. The van der Waals surface area contributed by atoms with Gasteiger partial charge in [0.15, 0.2) is 19.0 Å². The number of halogens is 1. The summed E-state index contributed by atoms with van der Waals surface area (Å²) >= 11 is 6.04. The van der Waals surface area contributed by atoms with Gasteiger partial charge >= 0.3 is 5.97 Å². The minimum atomic E-state index is -0.711. The Morgan fingerprint density at radius 2 is 1.74 bits per heavy atom. The first-order valence-electron chi connectivity index (χ1n) is 10.1. The van der Waals surface area contributed by atoms with Gasteiger partial charge in [-0.2, -0.15) is 5.26 Å². The lowest BCUT2D eigenvalue weighted by molar-refractivity contribution is -0.142. The molecule has 0 radical (unpaired) electrons. The van der Waals surface area contributed by atoms with Crippen LogP contribution in [-0.2, 0) is 14.3 Å². The zero-order valence-electron chi connectivity index (χ0n) is 17.9. The van der Waals surface area contributed by atoms with E-state index in [-0.39, 0.29) is 23.6 Å². The third-order valence-electron chi connectivity index (χ3n) is 4.48. The molecule has 0 spiro atoms. The van der Waals surface area contributed by atoms with Crippen molar-refractivity contribution in [1.29, 1.82) is 5.26 Å². The van der Waals surface area contributed by atoms with Gasteiger partial charge < -0.3 is 14.8 Å². The number of ketones is 1. The lowest BCUT2D eigenvalue weighted by atomic mass is 10.0. The van der Waals surface area contributed by atoms with E-state index in [2.05, 4.69) is 5.32 Å². The molecule has 170 valence electrons. The first-order chi connectivity index (χ1) is 16.5. The van der Waals surface area contributed by atoms with Crippen LogP contribution in [0.15, 0.2) is 78.9 Å². The Morgan fingerprint density at radius 1 is 1.00 bits per heavy atom. The van der Waals surface area contributed by atoms with E-state index in [1.807, 2.05) is 6.07 Å². The van der Waals surface area contributed by atoms with Crippen molar-refractivity contribution in [1.82, 2.24) is 0 Å². The fourth-order valence-corrected chi connectivity index (χ4v) is 3.06. The van der Waals surface area contributed by atoms with E-state index >= 15 is 0 Å². The lowest BCUT2D eigenvalue weighted by Gasteiger charge is -2.11. The predicted octanol–water partition coefficient (Wildman–Crippen LogP) is 4.67. The average Bonchev–Trinajstić information content (AvgIpc) is 2.86. The molecule has 0 bridgehead atoms. The Morgan fingerprint density at radius 3 is 2.44 bits per heavy atom. The van der Waals surface area contributed by atoms with E-state index in [0.29, 0.717) is 21.9 Å². The van der Waals surface area contributed by atoms with Gasteiger partial charge in [0, 0.05) is 22.2 Å². The van der Waals surface area contributed by atoms with E-state index in [4.69, 9.17) is 26.3 Å². The van der Waals surface area contributed by atoms with Gasteiger partial charge in [-0.05, 0) is 42.0 Å². The maximum Gasteiger partial charge on any atom is 0.331 e. The fourth-order valence-electron chi connectivity index (χ4n) is 2.88. The first-order valence-corrected chi connectivity index (χ1v) is 10.5. The maximum absolute atomic E-state index is 12.8. The number of esters is 1. The molecule has 1 amide bonds. The standard InChI is InChI=1S/C26H19ClN2O5/c27-20-9-12-23(22(16-20)26(32)19-4-2-1-3-5-19)29-24(30)17-34-25(31)13-8-18-6-10-21(11-7-18)33-15-14-28/h1-13,16H,15,17H2,(H,29,30)/b13-8+. The van der Waals surface area contributed by atoms with Crippen LogP contribution >= 0.6 is 11.6 Å². The van der Waals surface area contributed by atoms with Crippen molar-refractivity contribution in [3.8, 4) is 11.8 Å². The number of ether oxygens (including phenoxy) is 2. The molecular formula is C26H19ClN2O5. The van der Waals surface area contributed by atoms with Crippen molar-refractivity contribution in [2.45, 2.75) is 0 Å². The molecule has 3 aromatic rings. The monoisotopic (exact) mass is 474 g/mol. The number of nitrogens with zero attached hydrogens (tertiary/aromatic N) is 1. The highest BCUT2D eigenvalue weighted by Gasteiger charge is 2.16. The Kier molecular flexibility index (Phi) is 8.55. The number of nitriles is 1. The molecule has 0 heterocycles. The molecule has 3 rings (SSSR count). The molecule has 8 heteroatoms. The second-order valence-corrected chi connectivity index (χ2v) is 7.33. The summed E-state index contributed by atoms with van der Waals surface area (Å²) in [5, 5.41) is 11.4. The third-order valence-corrected chi connectivity index (χ3v) is 4.71. The van der Waals surface area contributed by atoms with Gasteiger partial charge in [0.2, 0.25) is 0 Å². The summed E-state index contributed by atoms with van der Waals surface area (Å²) < 4.78 is 10.1. The molecule has 0 fully saturated rings. The largest absolute Gasteiger partial charge is 0.479 e. The highest BCUT2D eigenvalue weighted by atomic mass is 35.5. The van der Waals surface area contributed by atoms with E-state index in [1.54, 1.807) is 60.7 Å². The summed E-state index contributed by atoms with van der Waals surface area (Å²) in [5.41, 5.74) is 1.63. The van der Waals surface area contributed by atoms with E-state index < -0.39 is 18.5 Å². The summed E-state index contributed by atoms with van der Waals surface area (Å²) in [6.07, 6.45) is 2.70. The highest BCUT2D eigenvalue weighted by molar-refractivity contribution is 6.31. The number of rotatable bonds is 9. The van der Waals surface area contributed by atoms with Crippen LogP contribution in [-0.4, -0.2) is 30.9 Å². The Hall–Kier alpha value is -4.41. The molecule has 0 atom stereocenters. The number of carbonyl (C=O) groups is 3. The van der Waals surface area contributed by atoms with Crippen molar-refractivity contribution < 1.29 is 23.9 Å². The summed E-state index contributed by atoms with van der Waals surface area (Å²) in [6, 6.07) is 21.7. The number of anilines is 1. The second kappa shape index (κ2) is 12.0. The topological polar surface area (TPSA) is 105 Å². The quantitative estimate of drug-likeness (QED) is 0.274. The van der Waals surface area contributed by atoms with Crippen LogP contribution in [0.1, 0.15) is 21.5 Å². The molecule has 0 aliphatic carbocycles. The summed E-state index contributed by atoms with van der Waals surface area (Å²) in [4.78, 5) is 37.1. The Bertz CT molecular complexity index is 1250. The number of hydrogen-bond donors (Lipinski definition) is 1. The number of nitrogens with one attached hydrogen (secondary N) is 1. The van der Waals surface area contributed by atoms with Gasteiger partial charge in [-0.15, -0.1) is 0 Å². The van der Waals surface area contributed by atoms with Gasteiger partial charge in [0.1, 0.15) is 11.8 Å². The van der Waals surface area contributed by atoms with Crippen molar-refractivity contribution >= 4 is 41.0 Å². The van der Waals surface area contributed by atoms with E-state index in [1.165, 1.54) is 24.3 Å². The van der Waals surface area contributed by atoms with E-state index in [0.717, 1.165) is 0 Å². The molecular weight excluding hydrogens is 456 g/mol. The van der Waals surface area contributed by atoms with Gasteiger partial charge in [-0.3, -0.25) is 9.59 Å². The summed E-state index contributed by atoms with van der Waals surface area (Å²) in [6.45, 7) is -0.590.